The van der Waals surface area contributed by atoms with Gasteiger partial charge in [-0.25, -0.2) is 9.78 Å². The van der Waals surface area contributed by atoms with Crippen molar-refractivity contribution < 1.29 is 9.90 Å². The van der Waals surface area contributed by atoms with Gasteiger partial charge in [-0.05, 0) is 30.5 Å². The van der Waals surface area contributed by atoms with Gasteiger partial charge in [-0.1, -0.05) is 25.5 Å². The number of carboxylic acids is 1. The van der Waals surface area contributed by atoms with E-state index in [0.29, 0.717) is 0 Å². The summed E-state index contributed by atoms with van der Waals surface area (Å²) in [7, 11) is 0. The van der Waals surface area contributed by atoms with E-state index in [0.717, 1.165) is 12.1 Å². The van der Waals surface area contributed by atoms with Crippen molar-refractivity contribution in [3.63, 3.8) is 0 Å². The lowest BCUT2D eigenvalue weighted by molar-refractivity contribution is 0.0691. The zero-order valence-corrected chi connectivity index (χ0v) is 10.3. The van der Waals surface area contributed by atoms with Crippen molar-refractivity contribution in [1.82, 2.24) is 9.55 Å². The van der Waals surface area contributed by atoms with Crippen molar-refractivity contribution in [3.05, 3.63) is 48.0 Å². The number of benzene rings is 1. The minimum Gasteiger partial charge on any atom is -0.476 e. The number of aromatic nitrogens is 2. The normalized spacial score (nSPS) is 10.5. The Morgan fingerprint density at radius 3 is 2.61 bits per heavy atom. The third-order valence-electron chi connectivity index (χ3n) is 2.86. The molecule has 0 atom stereocenters. The molecule has 2 aromatic rings. The molecule has 1 aromatic heterocycles. The van der Waals surface area contributed by atoms with E-state index in [4.69, 9.17) is 5.11 Å². The van der Waals surface area contributed by atoms with Gasteiger partial charge >= 0.3 is 5.97 Å². The molecule has 1 aromatic carbocycles. The molecular weight excluding hydrogens is 228 g/mol. The van der Waals surface area contributed by atoms with Crippen molar-refractivity contribution in [2.45, 2.75) is 26.2 Å². The molecule has 0 bridgehead atoms. The zero-order valence-electron chi connectivity index (χ0n) is 10.3. The van der Waals surface area contributed by atoms with Crippen LogP contribution in [-0.2, 0) is 6.42 Å². The fourth-order valence-electron chi connectivity index (χ4n) is 1.79. The molecule has 1 heterocycles. The minimum atomic E-state index is -1.01. The first kappa shape index (κ1) is 12.4. The molecule has 18 heavy (non-hydrogen) atoms. The first-order valence-corrected chi connectivity index (χ1v) is 6.07. The number of hydrogen-bond acceptors (Lipinski definition) is 2. The van der Waals surface area contributed by atoms with Crippen LogP contribution in [0.2, 0.25) is 0 Å². The number of carbonyl (C=O) groups is 1. The van der Waals surface area contributed by atoms with Gasteiger partial charge < -0.3 is 9.67 Å². The van der Waals surface area contributed by atoms with Crippen LogP contribution >= 0.6 is 0 Å². The summed E-state index contributed by atoms with van der Waals surface area (Å²) in [6.45, 7) is 2.17. The number of aryl methyl sites for hydroxylation is 1. The van der Waals surface area contributed by atoms with Crippen LogP contribution in [0.4, 0.5) is 0 Å². The Labute approximate surface area is 106 Å². The summed E-state index contributed by atoms with van der Waals surface area (Å²) in [6.07, 6.45) is 6.49. The minimum absolute atomic E-state index is 0.0602. The lowest BCUT2D eigenvalue weighted by Gasteiger charge is -2.04. The maximum absolute atomic E-state index is 10.7. The van der Waals surface area contributed by atoms with Gasteiger partial charge in [0.15, 0.2) is 5.69 Å². The topological polar surface area (TPSA) is 55.1 Å². The maximum Gasteiger partial charge on any atom is 0.356 e. The summed E-state index contributed by atoms with van der Waals surface area (Å²) in [6, 6.07) is 8.12. The number of hydrogen-bond donors (Lipinski definition) is 1. The maximum atomic E-state index is 10.7. The summed E-state index contributed by atoms with van der Waals surface area (Å²) in [5.74, 6) is -1.01. The van der Waals surface area contributed by atoms with Crippen LogP contribution in [0.25, 0.3) is 5.69 Å². The molecule has 4 nitrogen and oxygen atoms in total. The first-order chi connectivity index (χ1) is 8.70. The van der Waals surface area contributed by atoms with Crippen LogP contribution in [0.1, 0.15) is 35.8 Å². The Morgan fingerprint density at radius 2 is 2.06 bits per heavy atom. The summed E-state index contributed by atoms with van der Waals surface area (Å²) in [4.78, 5) is 14.6. The van der Waals surface area contributed by atoms with Gasteiger partial charge in [0.25, 0.3) is 0 Å². The highest BCUT2D eigenvalue weighted by Crippen LogP contribution is 2.12. The van der Waals surface area contributed by atoms with Crippen LogP contribution in [0.15, 0.2) is 36.8 Å². The van der Waals surface area contributed by atoms with E-state index < -0.39 is 5.97 Å². The second-order valence-electron chi connectivity index (χ2n) is 4.24. The number of aromatic carboxylic acids is 1. The van der Waals surface area contributed by atoms with Gasteiger partial charge in [-0.3, -0.25) is 0 Å². The molecule has 1 N–H and O–H groups in total. The highest BCUT2D eigenvalue weighted by atomic mass is 16.4. The van der Waals surface area contributed by atoms with Crippen molar-refractivity contribution in [2.24, 2.45) is 0 Å². The summed E-state index contributed by atoms with van der Waals surface area (Å²) in [5.41, 5.74) is 2.29. The van der Waals surface area contributed by atoms with Crippen LogP contribution in [0.3, 0.4) is 0 Å². The molecule has 0 aliphatic carbocycles. The van der Waals surface area contributed by atoms with E-state index in [9.17, 15) is 4.79 Å². The molecule has 0 fully saturated rings. The smallest absolute Gasteiger partial charge is 0.356 e. The molecule has 0 aliphatic heterocycles. The van der Waals surface area contributed by atoms with Gasteiger partial charge in [0.05, 0.1) is 0 Å². The van der Waals surface area contributed by atoms with Crippen LogP contribution in [-0.4, -0.2) is 20.6 Å². The molecule has 0 radical (unpaired) electrons. The van der Waals surface area contributed by atoms with Gasteiger partial charge in [0, 0.05) is 11.9 Å². The average Bonchev–Trinajstić information content (AvgIpc) is 2.87. The lowest BCUT2D eigenvalue weighted by atomic mass is 10.1. The van der Waals surface area contributed by atoms with E-state index in [1.165, 1.54) is 30.9 Å². The third kappa shape index (κ3) is 2.77. The standard InChI is InChI=1S/C14H16N2O2/c1-2-3-4-11-5-7-12(8-6-11)16-9-13(14(17)18)15-10-16/h5-10H,2-4H2,1H3,(H,17,18). The molecule has 0 aliphatic rings. The van der Waals surface area contributed by atoms with Crippen molar-refractivity contribution in [1.29, 1.82) is 0 Å². The van der Waals surface area contributed by atoms with Gasteiger partial charge in [-0.15, -0.1) is 0 Å². The SMILES string of the molecule is CCCCc1ccc(-n2cnc(C(=O)O)c2)cc1. The molecular formula is C14H16N2O2. The molecule has 2 rings (SSSR count). The van der Waals surface area contributed by atoms with Crippen molar-refractivity contribution in [2.75, 3.05) is 0 Å². The zero-order chi connectivity index (χ0) is 13.0. The third-order valence-corrected chi connectivity index (χ3v) is 2.86. The fourth-order valence-corrected chi connectivity index (χ4v) is 1.79. The van der Waals surface area contributed by atoms with Gasteiger partial charge in [0.1, 0.15) is 6.33 Å². The average molecular weight is 244 g/mol. The lowest BCUT2D eigenvalue weighted by Crippen LogP contribution is -1.96. The number of unbranched alkanes of at least 4 members (excludes halogenated alkanes) is 1. The van der Waals surface area contributed by atoms with E-state index in [1.54, 1.807) is 4.57 Å². The molecule has 0 spiro atoms. The van der Waals surface area contributed by atoms with E-state index >= 15 is 0 Å². The predicted molar refractivity (Wildman–Crippen MR) is 69.1 cm³/mol. The summed E-state index contributed by atoms with van der Waals surface area (Å²) < 4.78 is 1.72. The highest BCUT2D eigenvalue weighted by Gasteiger charge is 2.07. The molecule has 4 heteroatoms. The van der Waals surface area contributed by atoms with Crippen molar-refractivity contribution >= 4 is 5.97 Å². The number of nitrogens with zero attached hydrogens (tertiary/aromatic N) is 2. The number of rotatable bonds is 5. The molecule has 94 valence electrons. The largest absolute Gasteiger partial charge is 0.476 e. The molecule has 0 unspecified atom stereocenters. The van der Waals surface area contributed by atoms with Crippen LogP contribution in [0.5, 0.6) is 0 Å². The first-order valence-electron chi connectivity index (χ1n) is 6.07. The Morgan fingerprint density at radius 1 is 1.33 bits per heavy atom. The van der Waals surface area contributed by atoms with Crippen LogP contribution < -0.4 is 0 Å². The number of carboxylic acid groups (broad SMARTS) is 1. The second kappa shape index (κ2) is 5.49. The van der Waals surface area contributed by atoms with Crippen molar-refractivity contribution in [3.8, 4) is 5.69 Å². The Bertz CT molecular complexity index is 529. The molecule has 0 saturated heterocycles. The molecule has 0 amide bonds. The quantitative estimate of drug-likeness (QED) is 0.879. The Kier molecular flexibility index (Phi) is 3.77. The number of imidazole rings is 1. The predicted octanol–water partition coefficient (Wildman–Crippen LogP) is 2.91. The molecule has 0 saturated carbocycles. The van der Waals surface area contributed by atoms with E-state index in [2.05, 4.69) is 24.0 Å². The van der Waals surface area contributed by atoms with Gasteiger partial charge in [0.2, 0.25) is 0 Å². The Hall–Kier alpha value is -2.10. The Balaban J connectivity index is 2.15. The fraction of sp³-hybridized carbons (Fsp3) is 0.286. The van der Waals surface area contributed by atoms with E-state index in [-0.39, 0.29) is 5.69 Å². The summed E-state index contributed by atoms with van der Waals surface area (Å²) >= 11 is 0. The highest BCUT2D eigenvalue weighted by molar-refractivity contribution is 5.85. The van der Waals surface area contributed by atoms with Gasteiger partial charge in [-0.2, -0.15) is 0 Å². The van der Waals surface area contributed by atoms with E-state index in [1.807, 2.05) is 12.1 Å². The second-order valence-corrected chi connectivity index (χ2v) is 4.24. The van der Waals surface area contributed by atoms with Crippen LogP contribution in [0, 0.1) is 0 Å². The summed E-state index contributed by atoms with van der Waals surface area (Å²) in [5, 5.41) is 8.81. The monoisotopic (exact) mass is 244 g/mol.